The van der Waals surface area contributed by atoms with Crippen LogP contribution >= 0.6 is 0 Å². The number of benzene rings is 5. The van der Waals surface area contributed by atoms with Gasteiger partial charge in [-0.25, -0.2) is 0 Å². The summed E-state index contributed by atoms with van der Waals surface area (Å²) in [6.45, 7) is 0. The van der Waals surface area contributed by atoms with Gasteiger partial charge in [0.25, 0.3) is 0 Å². The molecule has 5 aromatic rings. The van der Waals surface area contributed by atoms with E-state index in [1.165, 1.54) is 0 Å². The Balaban J connectivity index is 1.16. The molecule has 0 atom stereocenters. The van der Waals surface area contributed by atoms with Crippen LogP contribution in [0.25, 0.3) is 24.3 Å². The van der Waals surface area contributed by atoms with Crippen LogP contribution in [0.4, 0.5) is 0 Å². The molecule has 0 heteroatoms. The van der Waals surface area contributed by atoms with Crippen LogP contribution in [0.2, 0.25) is 0 Å². The van der Waals surface area contributed by atoms with Gasteiger partial charge in [0.15, 0.2) is 0 Å². The van der Waals surface area contributed by atoms with E-state index in [9.17, 15) is 0 Å². The Labute approximate surface area is 225 Å². The maximum absolute atomic E-state index is 3.22. The van der Waals surface area contributed by atoms with E-state index in [-0.39, 0.29) is 0 Å². The summed E-state index contributed by atoms with van der Waals surface area (Å²) < 4.78 is 0. The second-order valence-electron chi connectivity index (χ2n) is 8.81. The van der Waals surface area contributed by atoms with Crippen molar-refractivity contribution in [2.45, 2.75) is 0 Å². The largest absolute Gasteiger partial charge is 0.0622 e. The van der Waals surface area contributed by atoms with Crippen molar-refractivity contribution in [1.82, 2.24) is 0 Å². The topological polar surface area (TPSA) is 0 Å². The van der Waals surface area contributed by atoms with Crippen LogP contribution in [0.1, 0.15) is 44.5 Å². The van der Waals surface area contributed by atoms with Crippen LogP contribution in [0, 0.1) is 23.7 Å². The lowest BCUT2D eigenvalue weighted by Crippen LogP contribution is -1.79. The standard InChI is InChI=1S/C38H26/c1-3-7-31(8-4-1)11-13-33-15-19-35(20-16-33)23-25-37-27-29-38(30-28-37)26-24-36-21-17-34(18-22-36)14-12-32-9-5-2-6-10-32/h1-10,15-30H. The first-order valence-electron chi connectivity index (χ1n) is 12.6. The second kappa shape index (κ2) is 12.6. The number of hydrogen-bond acceptors (Lipinski definition) is 0. The zero-order valence-electron chi connectivity index (χ0n) is 21.0. The van der Waals surface area contributed by atoms with E-state index in [2.05, 4.69) is 121 Å². The summed E-state index contributed by atoms with van der Waals surface area (Å²) in [5.74, 6) is 12.8. The molecule has 0 spiro atoms. The molecule has 0 aliphatic rings. The van der Waals surface area contributed by atoms with Crippen LogP contribution < -0.4 is 0 Å². The Morgan fingerprint density at radius 2 is 0.500 bits per heavy atom. The van der Waals surface area contributed by atoms with Crippen molar-refractivity contribution in [3.8, 4) is 23.7 Å². The molecule has 0 N–H and O–H groups in total. The average Bonchev–Trinajstić information content (AvgIpc) is 2.99. The minimum Gasteiger partial charge on any atom is -0.0622 e. The molecule has 178 valence electrons. The summed E-state index contributed by atoms with van der Waals surface area (Å²) >= 11 is 0. The molecule has 0 aliphatic heterocycles. The Bertz CT molecular complexity index is 1510. The molecule has 38 heavy (non-hydrogen) atoms. The zero-order valence-corrected chi connectivity index (χ0v) is 21.0. The zero-order chi connectivity index (χ0) is 25.8. The van der Waals surface area contributed by atoms with Crippen molar-refractivity contribution >= 4 is 24.3 Å². The molecule has 5 rings (SSSR count). The van der Waals surface area contributed by atoms with Gasteiger partial charge in [0.1, 0.15) is 0 Å². The summed E-state index contributed by atoms with van der Waals surface area (Å²) in [6.07, 6.45) is 8.52. The van der Waals surface area contributed by atoms with Crippen molar-refractivity contribution in [2.24, 2.45) is 0 Å². The molecule has 0 fully saturated rings. The molecule has 0 aliphatic carbocycles. The smallest absolute Gasteiger partial charge is 0.0249 e. The van der Waals surface area contributed by atoms with Crippen LogP contribution in [-0.4, -0.2) is 0 Å². The number of rotatable bonds is 4. The van der Waals surface area contributed by atoms with E-state index in [0.717, 1.165) is 44.5 Å². The average molecular weight is 483 g/mol. The van der Waals surface area contributed by atoms with E-state index in [1.807, 2.05) is 60.7 Å². The molecular formula is C38H26. The minimum absolute atomic E-state index is 1.01. The fourth-order valence-electron chi connectivity index (χ4n) is 3.79. The molecule has 0 unspecified atom stereocenters. The summed E-state index contributed by atoms with van der Waals surface area (Å²) in [4.78, 5) is 0. The van der Waals surface area contributed by atoms with Gasteiger partial charge < -0.3 is 0 Å². The Kier molecular flexibility index (Phi) is 8.09. The first-order chi connectivity index (χ1) is 18.8. The molecule has 0 saturated heterocycles. The summed E-state index contributed by atoms with van der Waals surface area (Å²) in [5.41, 5.74) is 8.70. The molecular weight excluding hydrogens is 456 g/mol. The van der Waals surface area contributed by atoms with Crippen LogP contribution in [0.3, 0.4) is 0 Å². The van der Waals surface area contributed by atoms with E-state index >= 15 is 0 Å². The molecule has 0 aromatic heterocycles. The molecule has 0 saturated carbocycles. The maximum atomic E-state index is 3.22. The van der Waals surface area contributed by atoms with Crippen molar-refractivity contribution < 1.29 is 0 Å². The normalized spacial score (nSPS) is 10.5. The van der Waals surface area contributed by atoms with Crippen molar-refractivity contribution in [1.29, 1.82) is 0 Å². The van der Waals surface area contributed by atoms with Gasteiger partial charge in [-0.1, -0.05) is 133 Å². The lowest BCUT2D eigenvalue weighted by Gasteiger charge is -1.98. The molecule has 5 aromatic carbocycles. The van der Waals surface area contributed by atoms with Gasteiger partial charge in [-0.05, 0) is 70.8 Å². The fourth-order valence-corrected chi connectivity index (χ4v) is 3.79. The second-order valence-corrected chi connectivity index (χ2v) is 8.81. The lowest BCUT2D eigenvalue weighted by molar-refractivity contribution is 1.59. The highest BCUT2D eigenvalue weighted by atomic mass is 14.0. The summed E-state index contributed by atoms with van der Waals surface area (Å²) in [7, 11) is 0. The van der Waals surface area contributed by atoms with Crippen LogP contribution in [0.15, 0.2) is 133 Å². The Morgan fingerprint density at radius 3 is 0.789 bits per heavy atom. The van der Waals surface area contributed by atoms with E-state index in [0.29, 0.717) is 0 Å². The third kappa shape index (κ3) is 7.35. The highest BCUT2D eigenvalue weighted by Gasteiger charge is 1.93. The lowest BCUT2D eigenvalue weighted by atomic mass is 10.1. The Hall–Kier alpha value is -5.30. The van der Waals surface area contributed by atoms with E-state index in [1.54, 1.807) is 0 Å². The van der Waals surface area contributed by atoms with E-state index in [4.69, 9.17) is 0 Å². The monoisotopic (exact) mass is 482 g/mol. The van der Waals surface area contributed by atoms with Gasteiger partial charge in [0.2, 0.25) is 0 Å². The summed E-state index contributed by atoms with van der Waals surface area (Å²) in [5, 5.41) is 0. The first kappa shape index (κ1) is 24.4. The maximum Gasteiger partial charge on any atom is 0.0249 e. The molecule has 0 nitrogen and oxygen atoms in total. The SMILES string of the molecule is C(#Cc1ccc(C=Cc2ccc(C=Cc3ccc(C#Cc4ccccc4)cc3)cc2)cc1)c1ccccc1. The highest BCUT2D eigenvalue weighted by Crippen LogP contribution is 2.14. The Morgan fingerprint density at radius 1 is 0.263 bits per heavy atom. The molecule has 0 amide bonds. The summed E-state index contributed by atoms with van der Waals surface area (Å²) in [6, 6.07) is 45.3. The molecule has 0 bridgehead atoms. The third-order valence-corrected chi connectivity index (χ3v) is 5.94. The molecule has 0 radical (unpaired) electrons. The van der Waals surface area contributed by atoms with Crippen LogP contribution in [0.5, 0.6) is 0 Å². The fraction of sp³-hybridized carbons (Fsp3) is 0. The minimum atomic E-state index is 1.01. The first-order valence-corrected chi connectivity index (χ1v) is 12.6. The highest BCUT2D eigenvalue weighted by molar-refractivity contribution is 5.73. The van der Waals surface area contributed by atoms with Gasteiger partial charge in [-0.2, -0.15) is 0 Å². The number of hydrogen-bond donors (Lipinski definition) is 0. The van der Waals surface area contributed by atoms with Gasteiger partial charge in [-0.3, -0.25) is 0 Å². The van der Waals surface area contributed by atoms with E-state index < -0.39 is 0 Å². The predicted octanol–water partition coefficient (Wildman–Crippen LogP) is 8.83. The van der Waals surface area contributed by atoms with Gasteiger partial charge in [-0.15, -0.1) is 0 Å². The molecule has 0 heterocycles. The van der Waals surface area contributed by atoms with Crippen LogP contribution in [-0.2, 0) is 0 Å². The van der Waals surface area contributed by atoms with Gasteiger partial charge >= 0.3 is 0 Å². The van der Waals surface area contributed by atoms with Gasteiger partial charge in [0.05, 0.1) is 0 Å². The van der Waals surface area contributed by atoms with Crippen molar-refractivity contribution in [2.75, 3.05) is 0 Å². The van der Waals surface area contributed by atoms with Crippen molar-refractivity contribution in [3.63, 3.8) is 0 Å². The van der Waals surface area contributed by atoms with Crippen molar-refractivity contribution in [3.05, 3.63) is 178 Å². The third-order valence-electron chi connectivity index (χ3n) is 5.94. The predicted molar refractivity (Wildman–Crippen MR) is 162 cm³/mol. The van der Waals surface area contributed by atoms with Gasteiger partial charge in [0, 0.05) is 22.3 Å². The quantitative estimate of drug-likeness (QED) is 0.177.